The smallest absolute Gasteiger partial charge is 0.335 e. The van der Waals surface area contributed by atoms with Crippen LogP contribution < -0.4 is 21.5 Å². The Morgan fingerprint density at radius 2 is 1.85 bits per heavy atom. The highest BCUT2D eigenvalue weighted by Gasteiger charge is 2.31. The highest BCUT2D eigenvalue weighted by atomic mass is 16.5. The summed E-state index contributed by atoms with van der Waals surface area (Å²) in [6.45, 7) is 1.67. The fraction of sp³-hybridized carbons (Fsp3) is 0.300. The maximum absolute atomic E-state index is 14.0. The number of amides is 1. The van der Waals surface area contributed by atoms with E-state index >= 15 is 0 Å². The Balaban J connectivity index is 1.32. The number of hydrogen-bond donors (Lipinski definition) is 2. The molecular weight excluding hydrogens is 520 g/mol. The molecule has 2 aliphatic heterocycles. The van der Waals surface area contributed by atoms with Crippen molar-refractivity contribution >= 4 is 22.9 Å². The molecular formula is C30H30N8O3. The van der Waals surface area contributed by atoms with E-state index in [0.29, 0.717) is 47.7 Å². The zero-order valence-corrected chi connectivity index (χ0v) is 22.4. The first-order valence-electron chi connectivity index (χ1n) is 13.7. The summed E-state index contributed by atoms with van der Waals surface area (Å²) in [5.41, 5.74) is 7.48. The molecule has 3 N–H and O–H groups in total. The molecule has 0 radical (unpaired) electrons. The Morgan fingerprint density at radius 1 is 1.07 bits per heavy atom. The maximum Gasteiger partial charge on any atom is 0.335 e. The first-order chi connectivity index (χ1) is 20.0. The number of anilines is 1. The topological polar surface area (TPSA) is 144 Å². The van der Waals surface area contributed by atoms with E-state index in [-0.39, 0.29) is 41.6 Å². The van der Waals surface area contributed by atoms with Crippen LogP contribution in [-0.4, -0.2) is 55.6 Å². The summed E-state index contributed by atoms with van der Waals surface area (Å²) in [4.78, 5) is 37.6. The number of piperidine rings is 1. The third kappa shape index (κ3) is 5.17. The SMILES string of the molecule is N#C/C(=C\C1CCCN1)C(=O)N1CCCC(n2c(=O)n(-c3ccc(Oc4ccccc4)cc3)c3c(N)ncnc32)C1. The number of carbonyl (C=O) groups is 1. The summed E-state index contributed by atoms with van der Waals surface area (Å²) < 4.78 is 9.02. The van der Waals surface area contributed by atoms with E-state index < -0.39 is 0 Å². The molecule has 6 rings (SSSR count). The monoisotopic (exact) mass is 550 g/mol. The summed E-state index contributed by atoms with van der Waals surface area (Å²) >= 11 is 0. The molecule has 0 spiro atoms. The number of rotatable bonds is 6. The first kappa shape index (κ1) is 26.3. The van der Waals surface area contributed by atoms with Crippen molar-refractivity contribution in [1.82, 2.24) is 29.3 Å². The van der Waals surface area contributed by atoms with Gasteiger partial charge in [-0.1, -0.05) is 18.2 Å². The van der Waals surface area contributed by atoms with Crippen LogP contribution in [0.4, 0.5) is 5.82 Å². The lowest BCUT2D eigenvalue weighted by Gasteiger charge is -2.33. The Morgan fingerprint density at radius 3 is 2.59 bits per heavy atom. The van der Waals surface area contributed by atoms with E-state index in [2.05, 4.69) is 21.4 Å². The van der Waals surface area contributed by atoms with Crippen molar-refractivity contribution in [3.8, 4) is 23.3 Å². The Labute approximate surface area is 236 Å². The van der Waals surface area contributed by atoms with Gasteiger partial charge in [-0.25, -0.2) is 14.8 Å². The minimum atomic E-state index is -0.344. The van der Waals surface area contributed by atoms with Crippen LogP contribution in [0.25, 0.3) is 16.9 Å². The fourth-order valence-electron chi connectivity index (χ4n) is 5.66. The number of aromatic nitrogens is 4. The summed E-state index contributed by atoms with van der Waals surface area (Å²) in [6.07, 6.45) is 6.34. The number of nitrogens with two attached hydrogens (primary N) is 1. The van der Waals surface area contributed by atoms with Gasteiger partial charge in [-0.2, -0.15) is 5.26 Å². The van der Waals surface area contributed by atoms with Crippen LogP contribution in [0.1, 0.15) is 31.7 Å². The van der Waals surface area contributed by atoms with E-state index in [4.69, 9.17) is 10.5 Å². The van der Waals surface area contributed by atoms with Gasteiger partial charge in [-0.15, -0.1) is 0 Å². The molecule has 4 heterocycles. The molecule has 2 atom stereocenters. The van der Waals surface area contributed by atoms with Crippen LogP contribution >= 0.6 is 0 Å². The maximum atomic E-state index is 14.0. The molecule has 2 aliphatic rings. The summed E-state index contributed by atoms with van der Waals surface area (Å²) in [7, 11) is 0. The van der Waals surface area contributed by atoms with Crippen LogP contribution in [-0.2, 0) is 4.79 Å². The minimum absolute atomic E-state index is 0.0268. The quantitative estimate of drug-likeness (QED) is 0.275. The zero-order chi connectivity index (χ0) is 28.3. The Bertz CT molecular complexity index is 1700. The first-order valence-corrected chi connectivity index (χ1v) is 13.7. The van der Waals surface area contributed by atoms with Crippen LogP contribution in [0.2, 0.25) is 0 Å². The van der Waals surface area contributed by atoms with E-state index in [9.17, 15) is 14.9 Å². The van der Waals surface area contributed by atoms with E-state index in [0.717, 1.165) is 19.4 Å². The number of likely N-dealkylation sites (tertiary alicyclic amines) is 1. The third-order valence-corrected chi connectivity index (χ3v) is 7.62. The molecule has 208 valence electrons. The van der Waals surface area contributed by atoms with Crippen LogP contribution in [0.3, 0.4) is 0 Å². The molecule has 0 bridgehead atoms. The van der Waals surface area contributed by atoms with Gasteiger partial charge in [-0.3, -0.25) is 13.9 Å². The lowest BCUT2D eigenvalue weighted by Crippen LogP contribution is -2.43. The number of hydrogen-bond acceptors (Lipinski definition) is 8. The molecule has 2 saturated heterocycles. The van der Waals surface area contributed by atoms with Crippen LogP contribution in [0.15, 0.2) is 77.4 Å². The molecule has 2 unspecified atom stereocenters. The van der Waals surface area contributed by atoms with Crippen molar-refractivity contribution in [1.29, 1.82) is 5.26 Å². The molecule has 41 heavy (non-hydrogen) atoms. The van der Waals surface area contributed by atoms with Crippen molar-refractivity contribution < 1.29 is 9.53 Å². The van der Waals surface area contributed by atoms with Gasteiger partial charge >= 0.3 is 5.69 Å². The summed E-state index contributed by atoms with van der Waals surface area (Å²) in [5.74, 6) is 1.19. The largest absolute Gasteiger partial charge is 0.457 e. The number of fused-ring (bicyclic) bond motifs is 1. The minimum Gasteiger partial charge on any atom is -0.457 e. The van der Waals surface area contributed by atoms with Crippen molar-refractivity contribution in [2.75, 3.05) is 25.4 Å². The van der Waals surface area contributed by atoms with Gasteiger partial charge in [0.05, 0.1) is 11.7 Å². The second-order valence-electron chi connectivity index (χ2n) is 10.3. The van der Waals surface area contributed by atoms with E-state index in [1.165, 1.54) is 10.9 Å². The highest BCUT2D eigenvalue weighted by molar-refractivity contribution is 5.97. The van der Waals surface area contributed by atoms with E-state index in [1.807, 2.05) is 30.3 Å². The normalized spacial score (nSPS) is 19.3. The molecule has 11 heteroatoms. The molecule has 11 nitrogen and oxygen atoms in total. The van der Waals surface area contributed by atoms with Crippen molar-refractivity contribution in [3.63, 3.8) is 0 Å². The average Bonchev–Trinajstić information content (AvgIpc) is 3.62. The van der Waals surface area contributed by atoms with Gasteiger partial charge in [0, 0.05) is 19.1 Å². The number of nitrogen functional groups attached to an aromatic ring is 1. The predicted octanol–water partition coefficient (Wildman–Crippen LogP) is 3.32. The number of carbonyl (C=O) groups excluding carboxylic acids is 1. The van der Waals surface area contributed by atoms with Crippen LogP contribution in [0, 0.1) is 11.3 Å². The van der Waals surface area contributed by atoms with Gasteiger partial charge in [0.1, 0.15) is 35.0 Å². The second-order valence-corrected chi connectivity index (χ2v) is 10.3. The van der Waals surface area contributed by atoms with Gasteiger partial charge in [0.25, 0.3) is 5.91 Å². The third-order valence-electron chi connectivity index (χ3n) is 7.62. The van der Waals surface area contributed by atoms with Crippen molar-refractivity contribution in [3.05, 3.63) is 83.1 Å². The number of ether oxygens (including phenoxy) is 1. The second kappa shape index (κ2) is 11.3. The number of imidazole rings is 1. The molecule has 0 aliphatic carbocycles. The van der Waals surface area contributed by atoms with Crippen molar-refractivity contribution in [2.45, 2.75) is 37.8 Å². The van der Waals surface area contributed by atoms with Gasteiger partial charge in [-0.05, 0) is 74.7 Å². The Hall–Kier alpha value is -4.95. The predicted molar refractivity (Wildman–Crippen MR) is 154 cm³/mol. The number of para-hydroxylation sites is 1. The molecule has 2 aromatic carbocycles. The molecule has 4 aromatic rings. The van der Waals surface area contributed by atoms with E-state index in [1.54, 1.807) is 39.8 Å². The van der Waals surface area contributed by atoms with Gasteiger partial charge in [0.2, 0.25) is 0 Å². The molecule has 0 saturated carbocycles. The standard InChI is InChI=1S/C30H30N8O3/c31-17-20(16-21-6-4-14-33-21)29(39)36-15-5-7-23(18-36)38-28-26(27(32)34-19-35-28)37(30(38)40)22-10-12-25(13-11-22)41-24-8-2-1-3-9-24/h1-3,8-13,16,19,21,23,33H,4-7,14-15,18H2,(H2,32,34,35)/b20-16+. The lowest BCUT2D eigenvalue weighted by atomic mass is 10.0. The fourth-order valence-corrected chi connectivity index (χ4v) is 5.66. The average molecular weight is 551 g/mol. The zero-order valence-electron chi connectivity index (χ0n) is 22.4. The van der Waals surface area contributed by atoms with Crippen LogP contribution in [0.5, 0.6) is 11.5 Å². The highest BCUT2D eigenvalue weighted by Crippen LogP contribution is 2.29. The molecule has 2 fully saturated rings. The molecule has 2 aromatic heterocycles. The summed E-state index contributed by atoms with van der Waals surface area (Å²) in [5, 5.41) is 13.0. The summed E-state index contributed by atoms with van der Waals surface area (Å²) in [6, 6.07) is 18.3. The Kier molecular flexibility index (Phi) is 7.22. The molecule has 1 amide bonds. The number of nitrogens with zero attached hydrogens (tertiary/aromatic N) is 6. The van der Waals surface area contributed by atoms with Crippen molar-refractivity contribution in [2.24, 2.45) is 0 Å². The lowest BCUT2D eigenvalue weighted by molar-refractivity contribution is -0.128. The van der Waals surface area contributed by atoms with Gasteiger partial charge < -0.3 is 20.7 Å². The number of nitrogens with one attached hydrogen (secondary N) is 1. The number of benzene rings is 2. The van der Waals surface area contributed by atoms with Gasteiger partial charge in [0.15, 0.2) is 11.5 Å². The number of nitriles is 1.